The minimum absolute atomic E-state index is 0.363. The Bertz CT molecular complexity index is 463. The van der Waals surface area contributed by atoms with Crippen molar-refractivity contribution in [3.8, 4) is 0 Å². The summed E-state index contributed by atoms with van der Waals surface area (Å²) in [6, 6.07) is 6.18. The van der Waals surface area contributed by atoms with Crippen molar-refractivity contribution >= 4 is 27.5 Å². The van der Waals surface area contributed by atoms with E-state index in [1.807, 2.05) is 12.1 Å². The van der Waals surface area contributed by atoms with E-state index in [4.69, 9.17) is 11.6 Å². The normalized spacial score (nSPS) is 23.1. The van der Waals surface area contributed by atoms with E-state index in [1.54, 1.807) is 0 Å². The number of nitrogens with zero attached hydrogens (tertiary/aromatic N) is 1. The van der Waals surface area contributed by atoms with Gasteiger partial charge in [-0.25, -0.2) is 0 Å². The first-order valence-corrected chi connectivity index (χ1v) is 8.76. The van der Waals surface area contributed by atoms with Crippen LogP contribution in [0.2, 0.25) is 5.02 Å². The molecule has 0 aromatic heterocycles. The molecule has 1 aromatic rings. The maximum Gasteiger partial charge on any atom is 0.0451 e. The van der Waals surface area contributed by atoms with E-state index < -0.39 is 0 Å². The second-order valence-electron chi connectivity index (χ2n) is 6.12. The fourth-order valence-corrected chi connectivity index (χ4v) is 4.29. The molecule has 1 aliphatic heterocycles. The first-order valence-electron chi connectivity index (χ1n) is 7.59. The molecule has 1 N–H and O–H groups in total. The molecule has 0 radical (unpaired) electrons. The van der Waals surface area contributed by atoms with Crippen molar-refractivity contribution < 1.29 is 0 Å². The molecule has 1 saturated heterocycles. The lowest BCUT2D eigenvalue weighted by Gasteiger charge is -2.50. The second-order valence-corrected chi connectivity index (χ2v) is 7.44. The number of hydrogen-bond donors (Lipinski definition) is 1. The van der Waals surface area contributed by atoms with Crippen molar-refractivity contribution in [3.63, 3.8) is 0 Å². The Kier molecular flexibility index (Phi) is 4.71. The largest absolute Gasteiger partial charge is 0.314 e. The summed E-state index contributed by atoms with van der Waals surface area (Å²) in [5, 5.41) is 4.49. The van der Waals surface area contributed by atoms with Gasteiger partial charge in [0.25, 0.3) is 0 Å². The molecule has 1 heterocycles. The lowest BCUT2D eigenvalue weighted by Crippen LogP contribution is -2.61. The third kappa shape index (κ3) is 3.06. The van der Waals surface area contributed by atoms with E-state index in [0.717, 1.165) is 35.7 Å². The number of rotatable bonds is 2. The standard InChI is InChI=1S/C16H22BrClN2/c17-14-4-5-15(18)13(10-14)11-20-9-8-19-12-16(20)6-2-1-3-7-16/h4-5,10,19H,1-3,6-9,11-12H2. The molecule has 110 valence electrons. The highest BCUT2D eigenvalue weighted by molar-refractivity contribution is 9.10. The molecule has 2 aliphatic rings. The molecule has 0 bridgehead atoms. The van der Waals surface area contributed by atoms with Crippen LogP contribution in [-0.2, 0) is 6.54 Å². The van der Waals surface area contributed by atoms with Gasteiger partial charge in [-0.2, -0.15) is 0 Å². The summed E-state index contributed by atoms with van der Waals surface area (Å²) in [4.78, 5) is 2.68. The van der Waals surface area contributed by atoms with E-state index in [9.17, 15) is 0 Å². The van der Waals surface area contributed by atoms with Crippen molar-refractivity contribution in [2.75, 3.05) is 19.6 Å². The molecule has 3 rings (SSSR count). The highest BCUT2D eigenvalue weighted by Crippen LogP contribution is 2.36. The van der Waals surface area contributed by atoms with Crippen LogP contribution in [0.3, 0.4) is 0 Å². The zero-order valence-corrected chi connectivity index (χ0v) is 14.1. The van der Waals surface area contributed by atoms with Crippen LogP contribution in [0.15, 0.2) is 22.7 Å². The number of hydrogen-bond acceptors (Lipinski definition) is 2. The predicted octanol–water partition coefficient (Wildman–Crippen LogP) is 4.21. The van der Waals surface area contributed by atoms with Gasteiger partial charge in [-0.3, -0.25) is 4.90 Å². The van der Waals surface area contributed by atoms with Crippen LogP contribution in [-0.4, -0.2) is 30.1 Å². The molecule has 0 unspecified atom stereocenters. The van der Waals surface area contributed by atoms with Crippen molar-refractivity contribution in [1.29, 1.82) is 0 Å². The van der Waals surface area contributed by atoms with Crippen LogP contribution in [0.5, 0.6) is 0 Å². The molecular weight excluding hydrogens is 336 g/mol. The van der Waals surface area contributed by atoms with Crippen molar-refractivity contribution in [2.45, 2.75) is 44.2 Å². The summed E-state index contributed by atoms with van der Waals surface area (Å²) in [7, 11) is 0. The van der Waals surface area contributed by atoms with Gasteiger partial charge in [-0.15, -0.1) is 0 Å². The lowest BCUT2D eigenvalue weighted by molar-refractivity contribution is 0.0209. The monoisotopic (exact) mass is 356 g/mol. The highest BCUT2D eigenvalue weighted by atomic mass is 79.9. The quantitative estimate of drug-likeness (QED) is 0.853. The van der Waals surface area contributed by atoms with Gasteiger partial charge in [0.05, 0.1) is 0 Å². The predicted molar refractivity (Wildman–Crippen MR) is 88.2 cm³/mol. The first-order chi connectivity index (χ1) is 9.70. The van der Waals surface area contributed by atoms with E-state index in [2.05, 4.69) is 32.2 Å². The zero-order chi connectivity index (χ0) is 14.0. The Morgan fingerprint density at radius 3 is 2.85 bits per heavy atom. The van der Waals surface area contributed by atoms with Crippen LogP contribution in [0.1, 0.15) is 37.7 Å². The van der Waals surface area contributed by atoms with Crippen molar-refractivity contribution in [3.05, 3.63) is 33.3 Å². The minimum atomic E-state index is 0.363. The minimum Gasteiger partial charge on any atom is -0.314 e. The lowest BCUT2D eigenvalue weighted by atomic mass is 9.79. The van der Waals surface area contributed by atoms with Crippen molar-refractivity contribution in [2.24, 2.45) is 0 Å². The Hall–Kier alpha value is -0.0900. The van der Waals surface area contributed by atoms with Gasteiger partial charge < -0.3 is 5.32 Å². The summed E-state index contributed by atoms with van der Waals surface area (Å²) in [6.07, 6.45) is 6.78. The fraction of sp³-hybridized carbons (Fsp3) is 0.625. The second kappa shape index (κ2) is 6.35. The third-order valence-corrected chi connectivity index (χ3v) is 5.70. The van der Waals surface area contributed by atoms with Gasteiger partial charge in [0.15, 0.2) is 0 Å². The average Bonchev–Trinajstić information content (AvgIpc) is 2.46. The van der Waals surface area contributed by atoms with Crippen LogP contribution < -0.4 is 5.32 Å². The van der Waals surface area contributed by atoms with E-state index in [-0.39, 0.29) is 0 Å². The van der Waals surface area contributed by atoms with Crippen LogP contribution in [0.4, 0.5) is 0 Å². The molecule has 20 heavy (non-hydrogen) atoms. The van der Waals surface area contributed by atoms with Gasteiger partial charge in [0.2, 0.25) is 0 Å². The van der Waals surface area contributed by atoms with Crippen LogP contribution in [0.25, 0.3) is 0 Å². The Labute approximate surface area is 135 Å². The maximum atomic E-state index is 6.38. The molecule has 1 saturated carbocycles. The molecule has 1 spiro atoms. The molecule has 0 amide bonds. The number of benzene rings is 1. The zero-order valence-electron chi connectivity index (χ0n) is 11.8. The highest BCUT2D eigenvalue weighted by Gasteiger charge is 2.39. The fourth-order valence-electron chi connectivity index (χ4n) is 3.70. The Morgan fingerprint density at radius 2 is 2.05 bits per heavy atom. The van der Waals surface area contributed by atoms with Gasteiger partial charge in [-0.05, 0) is 36.6 Å². The Morgan fingerprint density at radius 1 is 1.25 bits per heavy atom. The number of halogens is 2. The van der Waals surface area contributed by atoms with Gasteiger partial charge in [-0.1, -0.05) is 46.8 Å². The molecule has 2 fully saturated rings. The molecule has 4 heteroatoms. The molecule has 1 aromatic carbocycles. The first kappa shape index (κ1) is 14.8. The number of piperazine rings is 1. The number of nitrogens with one attached hydrogen (secondary N) is 1. The summed E-state index contributed by atoms with van der Waals surface area (Å²) < 4.78 is 1.12. The van der Waals surface area contributed by atoms with E-state index in [1.165, 1.54) is 37.7 Å². The summed E-state index contributed by atoms with van der Waals surface area (Å²) in [5.41, 5.74) is 1.61. The maximum absolute atomic E-state index is 6.38. The van der Waals surface area contributed by atoms with Crippen LogP contribution >= 0.6 is 27.5 Å². The van der Waals surface area contributed by atoms with Crippen molar-refractivity contribution in [1.82, 2.24) is 10.2 Å². The van der Waals surface area contributed by atoms with E-state index in [0.29, 0.717) is 5.54 Å². The van der Waals surface area contributed by atoms with Gasteiger partial charge >= 0.3 is 0 Å². The smallest absolute Gasteiger partial charge is 0.0451 e. The Balaban J connectivity index is 1.81. The van der Waals surface area contributed by atoms with Gasteiger partial charge in [0, 0.05) is 41.2 Å². The summed E-state index contributed by atoms with van der Waals surface area (Å²) >= 11 is 9.94. The van der Waals surface area contributed by atoms with E-state index >= 15 is 0 Å². The third-order valence-electron chi connectivity index (χ3n) is 4.84. The van der Waals surface area contributed by atoms with Gasteiger partial charge in [0.1, 0.15) is 0 Å². The summed E-state index contributed by atoms with van der Waals surface area (Å²) in [5.74, 6) is 0. The topological polar surface area (TPSA) is 15.3 Å². The molecule has 0 atom stereocenters. The molecule has 2 nitrogen and oxygen atoms in total. The van der Waals surface area contributed by atoms with Crippen LogP contribution in [0, 0.1) is 0 Å². The molecular formula is C16H22BrClN2. The average molecular weight is 358 g/mol. The SMILES string of the molecule is Clc1ccc(Br)cc1CN1CCNCC12CCCCC2. The summed E-state index contributed by atoms with van der Waals surface area (Å²) in [6.45, 7) is 4.33. The molecule has 1 aliphatic carbocycles.